The molecule has 1 atom stereocenters. The topological polar surface area (TPSA) is 67.2 Å². The van der Waals surface area contributed by atoms with Crippen LogP contribution in [0.5, 0.6) is 0 Å². The summed E-state index contributed by atoms with van der Waals surface area (Å²) in [5.74, 6) is 0.394. The maximum Gasteiger partial charge on any atom is 0.264 e. The Kier molecular flexibility index (Phi) is 2.57. The third-order valence-electron chi connectivity index (χ3n) is 2.89. The van der Waals surface area contributed by atoms with Crippen LogP contribution in [0.15, 0.2) is 35.3 Å². The van der Waals surface area contributed by atoms with Crippen molar-refractivity contribution < 1.29 is 5.11 Å². The molecule has 2 aromatic rings. The number of fused-ring (bicyclic) bond motifs is 1. The highest BCUT2D eigenvalue weighted by atomic mass is 35.5. The standard InChI is InChI=1S/C12H10ClN3O2/c13-8-3-1-7(2-4-8)9-5-14-12-15-6-10(17)16(12)11(9)18/h1-5,10,17H,6H2,(H,14,15). The lowest BCUT2D eigenvalue weighted by Crippen LogP contribution is -2.24. The number of rotatable bonds is 1. The van der Waals surface area contributed by atoms with Gasteiger partial charge in [-0.1, -0.05) is 23.7 Å². The smallest absolute Gasteiger partial charge is 0.264 e. The molecule has 0 fully saturated rings. The fraction of sp³-hybridized carbons (Fsp3) is 0.167. The van der Waals surface area contributed by atoms with Crippen molar-refractivity contribution in [1.29, 1.82) is 0 Å². The van der Waals surface area contributed by atoms with Crippen molar-refractivity contribution in [2.24, 2.45) is 0 Å². The van der Waals surface area contributed by atoms with Gasteiger partial charge in [0.15, 0.2) is 6.23 Å². The van der Waals surface area contributed by atoms with Gasteiger partial charge in [-0.05, 0) is 17.7 Å². The third-order valence-corrected chi connectivity index (χ3v) is 3.14. The van der Waals surface area contributed by atoms with Crippen molar-refractivity contribution in [1.82, 2.24) is 9.55 Å². The first-order valence-corrected chi connectivity index (χ1v) is 5.84. The van der Waals surface area contributed by atoms with E-state index in [2.05, 4.69) is 10.3 Å². The van der Waals surface area contributed by atoms with Crippen LogP contribution in [0.2, 0.25) is 5.02 Å². The van der Waals surface area contributed by atoms with E-state index in [0.717, 1.165) is 5.56 Å². The first kappa shape index (κ1) is 11.3. The van der Waals surface area contributed by atoms with Crippen LogP contribution in [0, 0.1) is 0 Å². The Bertz CT molecular complexity index is 651. The summed E-state index contributed by atoms with van der Waals surface area (Å²) in [6.45, 7) is 0.298. The van der Waals surface area contributed by atoms with Gasteiger partial charge in [0.2, 0.25) is 5.95 Å². The van der Waals surface area contributed by atoms with Crippen LogP contribution in [0.1, 0.15) is 6.23 Å². The molecule has 92 valence electrons. The molecule has 3 rings (SSSR count). The Morgan fingerprint density at radius 3 is 2.83 bits per heavy atom. The maximum atomic E-state index is 12.2. The molecule has 6 heteroatoms. The summed E-state index contributed by atoms with van der Waals surface area (Å²) in [5.41, 5.74) is 0.907. The molecule has 1 aliphatic heterocycles. The molecule has 1 unspecified atom stereocenters. The van der Waals surface area contributed by atoms with Crippen LogP contribution in [0.3, 0.4) is 0 Å². The molecule has 2 heterocycles. The van der Waals surface area contributed by atoms with E-state index < -0.39 is 6.23 Å². The molecule has 0 spiro atoms. The van der Waals surface area contributed by atoms with Gasteiger partial charge in [-0.25, -0.2) is 9.55 Å². The van der Waals surface area contributed by atoms with Crippen molar-refractivity contribution >= 4 is 17.5 Å². The summed E-state index contributed by atoms with van der Waals surface area (Å²) in [5, 5.41) is 13.2. The molecule has 1 aliphatic rings. The largest absolute Gasteiger partial charge is 0.371 e. The number of aromatic nitrogens is 2. The lowest BCUT2D eigenvalue weighted by molar-refractivity contribution is 0.128. The van der Waals surface area contributed by atoms with Crippen LogP contribution >= 0.6 is 11.6 Å². The number of benzene rings is 1. The fourth-order valence-corrected chi connectivity index (χ4v) is 2.10. The van der Waals surface area contributed by atoms with Gasteiger partial charge < -0.3 is 10.4 Å². The number of nitrogens with one attached hydrogen (secondary N) is 1. The molecular weight excluding hydrogens is 254 g/mol. The Morgan fingerprint density at radius 2 is 2.11 bits per heavy atom. The number of aliphatic hydroxyl groups excluding tert-OH is 1. The van der Waals surface area contributed by atoms with Gasteiger partial charge in [0.05, 0.1) is 12.1 Å². The fourth-order valence-electron chi connectivity index (χ4n) is 1.98. The second-order valence-electron chi connectivity index (χ2n) is 4.04. The van der Waals surface area contributed by atoms with Crippen molar-refractivity contribution in [3.63, 3.8) is 0 Å². The first-order chi connectivity index (χ1) is 8.66. The minimum absolute atomic E-state index is 0.264. The average molecular weight is 264 g/mol. The molecule has 1 aromatic carbocycles. The van der Waals surface area contributed by atoms with Gasteiger partial charge in [0, 0.05) is 11.2 Å². The molecule has 1 aromatic heterocycles. The highest BCUT2D eigenvalue weighted by Crippen LogP contribution is 2.21. The second-order valence-corrected chi connectivity index (χ2v) is 4.48. The Morgan fingerprint density at radius 1 is 1.39 bits per heavy atom. The van der Waals surface area contributed by atoms with Crippen molar-refractivity contribution in [2.45, 2.75) is 6.23 Å². The van der Waals surface area contributed by atoms with E-state index in [4.69, 9.17) is 11.6 Å². The summed E-state index contributed by atoms with van der Waals surface area (Å²) in [4.78, 5) is 16.4. The predicted octanol–water partition coefficient (Wildman–Crippen LogP) is 1.48. The SMILES string of the molecule is O=c1c(-c2ccc(Cl)cc2)cnc2n1C(O)CN2. The van der Waals surface area contributed by atoms with Gasteiger partial charge in [0.1, 0.15) is 0 Å². The van der Waals surface area contributed by atoms with E-state index in [9.17, 15) is 9.90 Å². The number of halogens is 1. The molecule has 0 saturated heterocycles. The number of hydrogen-bond donors (Lipinski definition) is 2. The van der Waals surface area contributed by atoms with Crippen molar-refractivity contribution in [2.75, 3.05) is 11.9 Å². The number of nitrogens with zero attached hydrogens (tertiary/aromatic N) is 2. The third kappa shape index (κ3) is 1.68. The molecule has 0 saturated carbocycles. The zero-order chi connectivity index (χ0) is 12.7. The Labute approximate surface area is 108 Å². The van der Waals surface area contributed by atoms with Crippen molar-refractivity contribution in [3.05, 3.63) is 45.8 Å². The quantitative estimate of drug-likeness (QED) is 0.818. The minimum Gasteiger partial charge on any atom is -0.371 e. The van der Waals surface area contributed by atoms with Crippen LogP contribution in [-0.2, 0) is 0 Å². The molecule has 2 N–H and O–H groups in total. The summed E-state index contributed by atoms with van der Waals surface area (Å²) in [6.07, 6.45) is 0.634. The highest BCUT2D eigenvalue weighted by molar-refractivity contribution is 6.30. The normalized spacial score (nSPS) is 17.3. The summed E-state index contributed by atoms with van der Waals surface area (Å²) in [6, 6.07) is 6.93. The molecule has 0 radical (unpaired) electrons. The van der Waals surface area contributed by atoms with Gasteiger partial charge in [-0.3, -0.25) is 4.79 Å². The molecular formula is C12H10ClN3O2. The monoisotopic (exact) mass is 263 g/mol. The van der Waals surface area contributed by atoms with Gasteiger partial charge in [-0.2, -0.15) is 0 Å². The average Bonchev–Trinajstić information content (AvgIpc) is 2.74. The number of β-amino-alcohol motifs (C(OH)–C–C–N with tert-alkyl or cyclic N) is 1. The van der Waals surface area contributed by atoms with Gasteiger partial charge >= 0.3 is 0 Å². The van der Waals surface area contributed by atoms with E-state index in [0.29, 0.717) is 23.1 Å². The van der Waals surface area contributed by atoms with E-state index in [-0.39, 0.29) is 5.56 Å². The second kappa shape index (κ2) is 4.12. The zero-order valence-corrected chi connectivity index (χ0v) is 10.1. The zero-order valence-electron chi connectivity index (χ0n) is 9.30. The van der Waals surface area contributed by atoms with Crippen LogP contribution in [0.4, 0.5) is 5.95 Å². The lowest BCUT2D eigenvalue weighted by atomic mass is 10.1. The first-order valence-electron chi connectivity index (χ1n) is 5.46. The number of anilines is 1. The Hall–Kier alpha value is -1.85. The summed E-state index contributed by atoms with van der Waals surface area (Å²) < 4.78 is 1.25. The van der Waals surface area contributed by atoms with Gasteiger partial charge in [0.25, 0.3) is 5.56 Å². The van der Waals surface area contributed by atoms with Crippen LogP contribution in [0.25, 0.3) is 11.1 Å². The van der Waals surface area contributed by atoms with E-state index in [1.165, 1.54) is 10.8 Å². The number of aliphatic hydroxyl groups is 1. The maximum absolute atomic E-state index is 12.2. The number of hydrogen-bond acceptors (Lipinski definition) is 4. The molecule has 18 heavy (non-hydrogen) atoms. The molecule has 0 aliphatic carbocycles. The van der Waals surface area contributed by atoms with Crippen LogP contribution in [-0.4, -0.2) is 21.2 Å². The molecule has 0 bridgehead atoms. The molecule has 5 nitrogen and oxygen atoms in total. The van der Waals surface area contributed by atoms with E-state index in [1.54, 1.807) is 24.3 Å². The van der Waals surface area contributed by atoms with Crippen LogP contribution < -0.4 is 10.9 Å². The summed E-state index contributed by atoms with van der Waals surface area (Å²) >= 11 is 5.81. The highest BCUT2D eigenvalue weighted by Gasteiger charge is 2.23. The Balaban J connectivity index is 2.17. The summed E-state index contributed by atoms with van der Waals surface area (Å²) in [7, 11) is 0. The van der Waals surface area contributed by atoms with Gasteiger partial charge in [-0.15, -0.1) is 0 Å². The molecule has 0 amide bonds. The van der Waals surface area contributed by atoms with E-state index >= 15 is 0 Å². The lowest BCUT2D eigenvalue weighted by Gasteiger charge is -2.08. The predicted molar refractivity (Wildman–Crippen MR) is 68.7 cm³/mol. The minimum atomic E-state index is -0.868. The van der Waals surface area contributed by atoms with E-state index in [1.807, 2.05) is 0 Å². The van der Waals surface area contributed by atoms with Crippen molar-refractivity contribution in [3.8, 4) is 11.1 Å².